The first kappa shape index (κ1) is 14.2. The van der Waals surface area contributed by atoms with Gasteiger partial charge in [-0.3, -0.25) is 4.79 Å². The van der Waals surface area contributed by atoms with E-state index in [0.717, 1.165) is 5.56 Å². The minimum atomic E-state index is -0.124. The van der Waals surface area contributed by atoms with Crippen LogP contribution >= 0.6 is 11.6 Å². The summed E-state index contributed by atoms with van der Waals surface area (Å²) in [6.07, 6.45) is 0. The Morgan fingerprint density at radius 3 is 2.84 bits per heavy atom. The van der Waals surface area contributed by atoms with Gasteiger partial charge in [0.05, 0.1) is 13.2 Å². The van der Waals surface area contributed by atoms with Crippen LogP contribution in [0.3, 0.4) is 0 Å². The van der Waals surface area contributed by atoms with Crippen LogP contribution < -0.4 is 10.1 Å². The lowest BCUT2D eigenvalue weighted by molar-refractivity contribution is -0.128. The number of halogens is 1. The highest BCUT2D eigenvalue weighted by Gasteiger charge is 2.33. The van der Waals surface area contributed by atoms with Crippen LogP contribution in [0.4, 0.5) is 0 Å². The number of nitrogens with one attached hydrogen (secondary N) is 1. The lowest BCUT2D eigenvalue weighted by Crippen LogP contribution is -2.49. The van der Waals surface area contributed by atoms with Gasteiger partial charge in [0.15, 0.2) is 6.61 Å². The molecule has 5 heteroatoms. The van der Waals surface area contributed by atoms with Crippen LogP contribution in [-0.4, -0.2) is 32.3 Å². The van der Waals surface area contributed by atoms with E-state index in [-0.39, 0.29) is 17.9 Å². The average Bonchev–Trinajstić information content (AvgIpc) is 2.35. The number of carbonyl (C=O) groups excluding carboxylic acids is 1. The van der Waals surface area contributed by atoms with Crippen molar-refractivity contribution in [3.05, 3.63) is 28.8 Å². The monoisotopic (exact) mass is 283 g/mol. The normalized spacial score (nSPS) is 16.6. The molecule has 1 heterocycles. The highest BCUT2D eigenvalue weighted by atomic mass is 35.5. The predicted octanol–water partition coefficient (Wildman–Crippen LogP) is 2.18. The van der Waals surface area contributed by atoms with Crippen molar-refractivity contribution < 1.29 is 14.3 Å². The maximum absolute atomic E-state index is 11.7. The van der Waals surface area contributed by atoms with Gasteiger partial charge in [0.25, 0.3) is 5.91 Å². The maximum Gasteiger partial charge on any atom is 0.257 e. The van der Waals surface area contributed by atoms with E-state index in [1.54, 1.807) is 12.1 Å². The molecule has 1 aromatic carbocycles. The highest BCUT2D eigenvalue weighted by Crippen LogP contribution is 2.25. The lowest BCUT2D eigenvalue weighted by atomic mass is 9.89. The Labute approximate surface area is 118 Å². The van der Waals surface area contributed by atoms with Crippen LogP contribution in [0.5, 0.6) is 5.75 Å². The number of hydrogen-bond donors (Lipinski definition) is 1. The third-order valence-corrected chi connectivity index (χ3v) is 3.54. The summed E-state index contributed by atoms with van der Waals surface area (Å²) in [6.45, 7) is 6.01. The van der Waals surface area contributed by atoms with Crippen LogP contribution in [0.15, 0.2) is 18.2 Å². The first-order valence-corrected chi connectivity index (χ1v) is 6.60. The topological polar surface area (TPSA) is 47.6 Å². The summed E-state index contributed by atoms with van der Waals surface area (Å²) in [5.74, 6) is 0.524. The number of aryl methyl sites for hydroxylation is 1. The predicted molar refractivity (Wildman–Crippen MR) is 73.6 cm³/mol. The van der Waals surface area contributed by atoms with Crippen LogP contribution in [0.25, 0.3) is 0 Å². The van der Waals surface area contributed by atoms with Gasteiger partial charge in [-0.25, -0.2) is 0 Å². The fourth-order valence-corrected chi connectivity index (χ4v) is 1.89. The third kappa shape index (κ3) is 3.85. The first-order chi connectivity index (χ1) is 8.98. The molecule has 0 atom stereocenters. The Morgan fingerprint density at radius 2 is 2.26 bits per heavy atom. The molecule has 0 radical (unpaired) electrons. The maximum atomic E-state index is 11.7. The smallest absolute Gasteiger partial charge is 0.257 e. The van der Waals surface area contributed by atoms with Crippen molar-refractivity contribution in [1.82, 2.24) is 5.32 Å². The van der Waals surface area contributed by atoms with E-state index in [1.165, 1.54) is 0 Å². The van der Waals surface area contributed by atoms with E-state index < -0.39 is 0 Å². The molecule has 19 heavy (non-hydrogen) atoms. The Kier molecular flexibility index (Phi) is 4.32. The van der Waals surface area contributed by atoms with Crippen molar-refractivity contribution in [3.8, 4) is 5.75 Å². The first-order valence-electron chi connectivity index (χ1n) is 6.22. The van der Waals surface area contributed by atoms with Gasteiger partial charge in [0.2, 0.25) is 0 Å². The summed E-state index contributed by atoms with van der Waals surface area (Å²) in [5, 5.41) is 3.54. The second-order valence-corrected chi connectivity index (χ2v) is 5.69. The highest BCUT2D eigenvalue weighted by molar-refractivity contribution is 6.31. The zero-order valence-corrected chi connectivity index (χ0v) is 11.9. The number of ether oxygens (including phenoxy) is 2. The molecule has 1 saturated heterocycles. The SMILES string of the molecule is Cc1cc(OCC(=O)NCC2(C)COC2)ccc1Cl. The largest absolute Gasteiger partial charge is 0.484 e. The zero-order chi connectivity index (χ0) is 13.9. The quantitative estimate of drug-likeness (QED) is 0.901. The fraction of sp³-hybridized carbons (Fsp3) is 0.500. The second kappa shape index (κ2) is 5.80. The fourth-order valence-electron chi connectivity index (χ4n) is 1.77. The van der Waals surface area contributed by atoms with E-state index in [9.17, 15) is 4.79 Å². The molecular weight excluding hydrogens is 266 g/mol. The van der Waals surface area contributed by atoms with Gasteiger partial charge in [-0.1, -0.05) is 18.5 Å². The minimum Gasteiger partial charge on any atom is -0.484 e. The second-order valence-electron chi connectivity index (χ2n) is 5.28. The molecule has 0 saturated carbocycles. The zero-order valence-electron chi connectivity index (χ0n) is 11.2. The Balaban J connectivity index is 1.75. The molecule has 0 bridgehead atoms. The number of hydrogen-bond acceptors (Lipinski definition) is 3. The molecule has 2 rings (SSSR count). The minimum absolute atomic E-state index is 0.0119. The standard InChI is InChI=1S/C14H18ClNO3/c1-10-5-11(3-4-12(10)15)19-6-13(17)16-7-14(2)8-18-9-14/h3-5H,6-9H2,1-2H3,(H,16,17). The van der Waals surface area contributed by atoms with E-state index in [1.807, 2.05) is 13.0 Å². The number of benzene rings is 1. The summed E-state index contributed by atoms with van der Waals surface area (Å²) in [4.78, 5) is 11.7. The van der Waals surface area contributed by atoms with E-state index in [0.29, 0.717) is 30.5 Å². The number of amides is 1. The van der Waals surface area contributed by atoms with E-state index in [4.69, 9.17) is 21.1 Å². The molecule has 104 valence electrons. The number of carbonyl (C=O) groups is 1. The summed E-state index contributed by atoms with van der Waals surface area (Å²) in [5.41, 5.74) is 1.01. The van der Waals surface area contributed by atoms with Gasteiger partial charge in [0.1, 0.15) is 5.75 Å². The van der Waals surface area contributed by atoms with Gasteiger partial charge >= 0.3 is 0 Å². The summed E-state index contributed by atoms with van der Waals surface area (Å²) < 4.78 is 10.5. The number of rotatable bonds is 5. The molecular formula is C14H18ClNO3. The summed E-state index contributed by atoms with van der Waals surface area (Å²) in [7, 11) is 0. The van der Waals surface area contributed by atoms with Crippen molar-refractivity contribution in [2.75, 3.05) is 26.4 Å². The molecule has 0 unspecified atom stereocenters. The molecule has 0 aliphatic carbocycles. The van der Waals surface area contributed by atoms with Gasteiger partial charge in [-0.05, 0) is 30.7 Å². The van der Waals surface area contributed by atoms with Crippen LogP contribution in [-0.2, 0) is 9.53 Å². The van der Waals surface area contributed by atoms with Crippen molar-refractivity contribution in [1.29, 1.82) is 0 Å². The Bertz CT molecular complexity index is 472. The van der Waals surface area contributed by atoms with Crippen LogP contribution in [0.1, 0.15) is 12.5 Å². The Hall–Kier alpha value is -1.26. The molecule has 0 spiro atoms. The summed E-state index contributed by atoms with van der Waals surface area (Å²) in [6, 6.07) is 5.33. The van der Waals surface area contributed by atoms with Gasteiger partial charge < -0.3 is 14.8 Å². The Morgan fingerprint density at radius 1 is 1.53 bits per heavy atom. The van der Waals surface area contributed by atoms with Crippen molar-refractivity contribution >= 4 is 17.5 Å². The van der Waals surface area contributed by atoms with E-state index >= 15 is 0 Å². The molecule has 1 aliphatic heterocycles. The average molecular weight is 284 g/mol. The molecule has 1 amide bonds. The van der Waals surface area contributed by atoms with Crippen molar-refractivity contribution in [2.24, 2.45) is 5.41 Å². The van der Waals surface area contributed by atoms with E-state index in [2.05, 4.69) is 12.2 Å². The van der Waals surface area contributed by atoms with Crippen molar-refractivity contribution in [2.45, 2.75) is 13.8 Å². The van der Waals surface area contributed by atoms with Crippen LogP contribution in [0, 0.1) is 12.3 Å². The van der Waals surface area contributed by atoms with Crippen molar-refractivity contribution in [3.63, 3.8) is 0 Å². The molecule has 4 nitrogen and oxygen atoms in total. The molecule has 0 aromatic heterocycles. The van der Waals surface area contributed by atoms with Gasteiger partial charge in [-0.2, -0.15) is 0 Å². The lowest BCUT2D eigenvalue weighted by Gasteiger charge is -2.37. The van der Waals surface area contributed by atoms with Crippen LogP contribution in [0.2, 0.25) is 5.02 Å². The van der Waals surface area contributed by atoms with Gasteiger partial charge in [-0.15, -0.1) is 0 Å². The molecule has 1 N–H and O–H groups in total. The third-order valence-electron chi connectivity index (χ3n) is 3.11. The molecule has 1 aliphatic rings. The van der Waals surface area contributed by atoms with Gasteiger partial charge in [0, 0.05) is 17.0 Å². The molecule has 1 aromatic rings. The summed E-state index contributed by atoms with van der Waals surface area (Å²) >= 11 is 5.92. The molecule has 1 fully saturated rings.